The Labute approximate surface area is 267 Å². The van der Waals surface area contributed by atoms with Gasteiger partial charge in [0.1, 0.15) is 11.2 Å². The van der Waals surface area contributed by atoms with Gasteiger partial charge in [-0.3, -0.25) is 9.48 Å². The van der Waals surface area contributed by atoms with E-state index >= 15 is 0 Å². The van der Waals surface area contributed by atoms with Crippen molar-refractivity contribution in [2.45, 2.75) is 92.7 Å². The number of rotatable bonds is 10. The number of para-hydroxylation sites is 1. The number of fused-ring (bicyclic) bond motifs is 1. The van der Waals surface area contributed by atoms with Crippen LogP contribution < -0.4 is 16.4 Å². The minimum Gasteiger partial charge on any atom is -0.338 e. The number of piperidine rings is 1. The van der Waals surface area contributed by atoms with Crippen LogP contribution in [0.25, 0.3) is 10.9 Å². The van der Waals surface area contributed by atoms with Gasteiger partial charge < -0.3 is 21.3 Å². The number of allylic oxidation sites excluding steroid dienone is 6. The first-order chi connectivity index (χ1) is 21.0. The summed E-state index contributed by atoms with van der Waals surface area (Å²) >= 11 is 0. The maximum atomic E-state index is 11.8. The molecule has 3 rings (SSSR count). The zero-order chi connectivity index (χ0) is 34.0. The van der Waals surface area contributed by atoms with Gasteiger partial charge in [-0.25, -0.2) is 5.26 Å². The normalized spacial score (nSPS) is 13.4. The Kier molecular flexibility index (Phi) is 25.2. The van der Waals surface area contributed by atoms with Crippen LogP contribution >= 0.6 is 0 Å². The molecule has 1 saturated heterocycles. The van der Waals surface area contributed by atoms with Crippen molar-refractivity contribution in [2.24, 2.45) is 11.5 Å². The quantitative estimate of drug-likeness (QED) is 0.0635. The number of nitrogens with zero attached hydrogens (tertiary/aromatic N) is 3. The van der Waals surface area contributed by atoms with E-state index in [0.29, 0.717) is 23.5 Å². The zero-order valence-corrected chi connectivity index (χ0v) is 28.4. The predicted molar refractivity (Wildman–Crippen MR) is 189 cm³/mol. The molecule has 1 fully saturated rings. The summed E-state index contributed by atoms with van der Waals surface area (Å²) in [7, 11) is 0. The number of ketones is 1. The summed E-state index contributed by atoms with van der Waals surface area (Å²) < 4.78 is 1.77. The Morgan fingerprint density at radius 1 is 1.14 bits per heavy atom. The highest BCUT2D eigenvalue weighted by molar-refractivity contribution is 6.06. The molecule has 2 aromatic rings. The Bertz CT molecular complexity index is 1160. The van der Waals surface area contributed by atoms with Crippen molar-refractivity contribution in [1.29, 1.82) is 0 Å². The number of hydrogen-bond donors (Lipinski definition) is 3. The maximum Gasteiger partial charge on any atom is 0.190 e. The second kappa shape index (κ2) is 26.0. The van der Waals surface area contributed by atoms with Crippen LogP contribution in [-0.4, -0.2) is 57.4 Å². The van der Waals surface area contributed by atoms with Crippen LogP contribution in [0.2, 0.25) is 0 Å². The third-order valence-electron chi connectivity index (χ3n) is 6.18. The number of aromatic nitrogens is 2. The fraction of sp³-hybridized carbons (Fsp3) is 0.500. The summed E-state index contributed by atoms with van der Waals surface area (Å²) in [6.45, 7) is 21.8. The first-order valence-corrected chi connectivity index (χ1v) is 15.4. The van der Waals surface area contributed by atoms with Crippen molar-refractivity contribution < 1.29 is 14.9 Å². The van der Waals surface area contributed by atoms with E-state index in [1.54, 1.807) is 16.8 Å². The fourth-order valence-corrected chi connectivity index (χ4v) is 4.06. The van der Waals surface area contributed by atoms with Crippen molar-refractivity contribution >= 4 is 16.7 Å². The second-order valence-electron chi connectivity index (χ2n) is 11.0. The first-order valence-electron chi connectivity index (χ1n) is 15.4. The zero-order valence-electron chi connectivity index (χ0n) is 28.4. The van der Waals surface area contributed by atoms with Gasteiger partial charge in [-0.1, -0.05) is 67.5 Å². The van der Waals surface area contributed by atoms with Gasteiger partial charge in [0.2, 0.25) is 0 Å². The van der Waals surface area contributed by atoms with Crippen LogP contribution in [-0.2, 0) is 6.54 Å². The smallest absolute Gasteiger partial charge is 0.190 e. The van der Waals surface area contributed by atoms with Crippen molar-refractivity contribution in [3.8, 4) is 18.6 Å². The van der Waals surface area contributed by atoms with Crippen LogP contribution in [0.3, 0.4) is 0 Å². The number of carbonyl (C=O) groups excluding carboxylic acids is 1. The van der Waals surface area contributed by atoms with E-state index in [4.69, 9.17) is 16.7 Å². The minimum atomic E-state index is -0.0863. The van der Waals surface area contributed by atoms with Gasteiger partial charge in [0, 0.05) is 24.4 Å². The van der Waals surface area contributed by atoms with Crippen molar-refractivity contribution in [3.63, 3.8) is 0 Å². The molecule has 0 saturated carbocycles. The van der Waals surface area contributed by atoms with E-state index in [1.807, 2.05) is 58.1 Å². The van der Waals surface area contributed by atoms with Gasteiger partial charge in [0.15, 0.2) is 11.5 Å². The number of nitrogens with two attached hydrogens (primary N) is 2. The Hall–Kier alpha value is -3.48. The van der Waals surface area contributed by atoms with E-state index in [0.717, 1.165) is 44.4 Å². The predicted octanol–water partition coefficient (Wildman–Crippen LogP) is 7.57. The third kappa shape index (κ3) is 18.9. The molecule has 44 heavy (non-hydrogen) atoms. The number of carbonyl (C=O) groups is 1. The van der Waals surface area contributed by atoms with Crippen LogP contribution in [0.5, 0.6) is 5.75 Å². The fourth-order valence-electron chi connectivity index (χ4n) is 4.06. The summed E-state index contributed by atoms with van der Waals surface area (Å²) in [5.41, 5.74) is 12.9. The average molecular weight is 610 g/mol. The molecule has 0 bridgehead atoms. The molecule has 1 aliphatic heterocycles. The molecule has 246 valence electrons. The molecular weight excluding hydrogens is 550 g/mol. The van der Waals surface area contributed by atoms with Crippen molar-refractivity contribution in [2.75, 3.05) is 26.2 Å². The lowest BCUT2D eigenvalue weighted by atomic mass is 10.0. The monoisotopic (exact) mass is 609 g/mol. The molecule has 8 nitrogen and oxygen atoms in total. The summed E-state index contributed by atoms with van der Waals surface area (Å²) in [4.78, 5) is 18.7. The van der Waals surface area contributed by atoms with Crippen molar-refractivity contribution in [1.82, 2.24) is 14.7 Å². The van der Waals surface area contributed by atoms with E-state index in [-0.39, 0.29) is 11.3 Å². The molecule has 0 atom stereocenters. The highest BCUT2D eigenvalue weighted by Gasteiger charge is 2.19. The summed E-state index contributed by atoms with van der Waals surface area (Å²) in [6, 6.07) is 5.25. The van der Waals surface area contributed by atoms with Gasteiger partial charge >= 0.3 is 0 Å². The summed E-state index contributed by atoms with van der Waals surface area (Å²) in [5.74, 6) is 0.243. The van der Waals surface area contributed by atoms with Gasteiger partial charge in [-0.15, -0.1) is 19.4 Å². The largest absolute Gasteiger partial charge is 0.338 e. The lowest BCUT2D eigenvalue weighted by Gasteiger charge is -2.26. The highest BCUT2D eigenvalue weighted by atomic mass is 17.1. The molecule has 0 unspecified atom stereocenters. The molecule has 8 heteroatoms. The van der Waals surface area contributed by atoms with E-state index in [9.17, 15) is 4.79 Å². The number of likely N-dealkylation sites (tertiary alicyclic amines) is 1. The lowest BCUT2D eigenvalue weighted by molar-refractivity contribution is -0.136. The standard InChI is InChI=1S/C16H21N3O3.C9H14.C6H13N.C3H9N.C2H2/c1-12(20)15-13-6-5-7-14(22-21)16(13)19(17-15)11-10-18-8-3-2-4-9-18;1-4-6-8-9(3)7-5-2;1-4-5-6(2,3)7;1-2-3-4;1-2/h5-7,21H,2-4,8-11H2,1H3;4-8H,1-3H3;4H,1,5,7H2,2-3H3;2-4H2,1H3;1-2H/b;6-4-,7-5-,9-8-;;;. The van der Waals surface area contributed by atoms with Gasteiger partial charge in [0.25, 0.3) is 0 Å². The van der Waals surface area contributed by atoms with Crippen LogP contribution in [0, 0.1) is 12.8 Å². The highest BCUT2D eigenvalue weighted by Crippen LogP contribution is 2.28. The Morgan fingerprint density at radius 3 is 2.18 bits per heavy atom. The summed E-state index contributed by atoms with van der Waals surface area (Å²) in [6.07, 6.45) is 25.9. The number of hydrogen-bond acceptors (Lipinski definition) is 7. The molecule has 2 heterocycles. The van der Waals surface area contributed by atoms with E-state index in [1.165, 1.54) is 31.8 Å². The van der Waals surface area contributed by atoms with Crippen LogP contribution in [0.15, 0.2) is 66.8 Å². The molecule has 5 N–H and O–H groups in total. The minimum absolute atomic E-state index is 0.0677. The van der Waals surface area contributed by atoms with Gasteiger partial charge in [-0.05, 0) is 86.0 Å². The molecule has 0 spiro atoms. The number of Topliss-reactive ketones (excluding diaryl/α,β-unsaturated/α-hetero) is 1. The molecular formula is C36H59N5O3. The SMILES string of the molecule is C#C.C=CCC(C)(C)N.CC(=O)c1nn(CCN2CCCCC2)c2c(OO)cccc12.CCCN.C\C=C/C=C(C)\C=C/C. The molecule has 0 radical (unpaired) electrons. The number of terminal acetylenes is 1. The third-order valence-corrected chi connectivity index (χ3v) is 6.18. The molecule has 1 aromatic heterocycles. The Balaban J connectivity index is 0. The molecule has 1 aromatic carbocycles. The van der Waals surface area contributed by atoms with Gasteiger partial charge in [0.05, 0.1) is 6.54 Å². The van der Waals surface area contributed by atoms with E-state index < -0.39 is 0 Å². The lowest BCUT2D eigenvalue weighted by Crippen LogP contribution is -2.32. The summed E-state index contributed by atoms with van der Waals surface area (Å²) in [5, 5.41) is 14.2. The molecule has 0 aliphatic carbocycles. The first kappa shape index (κ1) is 42.7. The maximum absolute atomic E-state index is 11.8. The second-order valence-corrected chi connectivity index (χ2v) is 11.0. The topological polar surface area (TPSA) is 120 Å². The molecule has 0 amide bonds. The number of benzene rings is 1. The van der Waals surface area contributed by atoms with Crippen LogP contribution in [0.1, 0.15) is 91.1 Å². The Morgan fingerprint density at radius 2 is 1.75 bits per heavy atom. The molecule has 1 aliphatic rings. The van der Waals surface area contributed by atoms with Gasteiger partial charge in [-0.2, -0.15) is 5.10 Å². The average Bonchev–Trinajstić information content (AvgIpc) is 3.40. The van der Waals surface area contributed by atoms with E-state index in [2.05, 4.69) is 60.3 Å². The van der Waals surface area contributed by atoms with Crippen LogP contribution in [0.4, 0.5) is 0 Å². The van der Waals surface area contributed by atoms with Crippen molar-refractivity contribution in [3.05, 3.63) is 72.5 Å².